The molecule has 3 aromatic rings. The van der Waals surface area contributed by atoms with Crippen molar-refractivity contribution in [3.63, 3.8) is 0 Å². The van der Waals surface area contributed by atoms with Crippen LogP contribution < -0.4 is 11.1 Å². The van der Waals surface area contributed by atoms with Crippen molar-refractivity contribution in [1.82, 2.24) is 20.4 Å². The standard InChI is InChI=1S/C19H19N5O3S/c20-18-22-15(10-28-18)16(25)24-11-19(12-24,8-13-4-2-1-3-5-13)17(26)21-9-14-6-7-27-23-14/h1-7,10H,8-9,11-12H2,(H2,20,22)(H,21,26). The second-order valence-electron chi connectivity index (χ2n) is 6.85. The first-order valence-corrected chi connectivity index (χ1v) is 9.65. The van der Waals surface area contributed by atoms with E-state index in [2.05, 4.69) is 15.5 Å². The molecule has 1 fully saturated rings. The molecule has 1 aromatic carbocycles. The van der Waals surface area contributed by atoms with E-state index in [4.69, 9.17) is 10.3 Å². The Hall–Kier alpha value is -3.20. The molecule has 0 spiro atoms. The number of nitrogen functional groups attached to an aromatic ring is 1. The summed E-state index contributed by atoms with van der Waals surface area (Å²) in [7, 11) is 0. The number of nitrogens with two attached hydrogens (primary N) is 1. The maximum absolute atomic E-state index is 13.0. The van der Waals surface area contributed by atoms with E-state index in [1.54, 1.807) is 16.3 Å². The van der Waals surface area contributed by atoms with Crippen LogP contribution >= 0.6 is 11.3 Å². The summed E-state index contributed by atoms with van der Waals surface area (Å²) in [6.07, 6.45) is 2.01. The smallest absolute Gasteiger partial charge is 0.273 e. The number of rotatable bonds is 6. The van der Waals surface area contributed by atoms with Crippen molar-refractivity contribution in [3.8, 4) is 0 Å². The number of benzene rings is 1. The summed E-state index contributed by atoms with van der Waals surface area (Å²) in [5, 5.41) is 8.72. The summed E-state index contributed by atoms with van der Waals surface area (Å²) >= 11 is 1.22. The summed E-state index contributed by atoms with van der Waals surface area (Å²) < 4.78 is 4.80. The number of nitrogens with one attached hydrogen (secondary N) is 1. The van der Waals surface area contributed by atoms with Crippen molar-refractivity contribution in [2.75, 3.05) is 18.8 Å². The predicted molar refractivity (Wildman–Crippen MR) is 103 cm³/mol. The Morgan fingerprint density at radius 3 is 2.68 bits per heavy atom. The van der Waals surface area contributed by atoms with E-state index in [1.165, 1.54) is 17.6 Å². The molecule has 9 heteroatoms. The van der Waals surface area contributed by atoms with Crippen LogP contribution in [0.2, 0.25) is 0 Å². The van der Waals surface area contributed by atoms with Crippen LogP contribution in [0, 0.1) is 5.41 Å². The molecule has 0 radical (unpaired) electrons. The lowest BCUT2D eigenvalue weighted by Crippen LogP contribution is -2.65. The first-order chi connectivity index (χ1) is 13.6. The molecule has 2 aromatic heterocycles. The zero-order chi connectivity index (χ0) is 19.6. The highest BCUT2D eigenvalue weighted by Crippen LogP contribution is 2.36. The molecular formula is C19H19N5O3S. The Morgan fingerprint density at radius 1 is 1.25 bits per heavy atom. The lowest BCUT2D eigenvalue weighted by molar-refractivity contribution is -0.139. The van der Waals surface area contributed by atoms with Gasteiger partial charge in [-0.1, -0.05) is 35.5 Å². The van der Waals surface area contributed by atoms with Crippen LogP contribution in [-0.4, -0.2) is 39.9 Å². The predicted octanol–water partition coefficient (Wildman–Crippen LogP) is 1.71. The molecule has 0 unspecified atom stereocenters. The van der Waals surface area contributed by atoms with E-state index >= 15 is 0 Å². The molecule has 3 N–H and O–H groups in total. The lowest BCUT2D eigenvalue weighted by atomic mass is 9.73. The SMILES string of the molecule is Nc1nc(C(=O)N2CC(Cc3ccccc3)(C(=O)NCc3ccon3)C2)cs1. The first kappa shape index (κ1) is 18.2. The Bertz CT molecular complexity index is 965. The number of hydrogen-bond acceptors (Lipinski definition) is 7. The second kappa shape index (κ2) is 7.43. The number of thiazole rings is 1. The zero-order valence-electron chi connectivity index (χ0n) is 15.0. The minimum absolute atomic E-state index is 0.110. The fraction of sp³-hybridized carbons (Fsp3) is 0.263. The zero-order valence-corrected chi connectivity index (χ0v) is 15.8. The quantitative estimate of drug-likeness (QED) is 0.654. The number of amides is 2. The molecule has 8 nitrogen and oxygen atoms in total. The summed E-state index contributed by atoms with van der Waals surface area (Å²) in [4.78, 5) is 31.3. The largest absolute Gasteiger partial charge is 0.375 e. The number of nitrogens with zero attached hydrogens (tertiary/aromatic N) is 3. The van der Waals surface area contributed by atoms with Gasteiger partial charge in [0.25, 0.3) is 5.91 Å². The number of carbonyl (C=O) groups excluding carboxylic acids is 2. The first-order valence-electron chi connectivity index (χ1n) is 8.77. The Labute approximate surface area is 165 Å². The third-order valence-electron chi connectivity index (χ3n) is 4.80. The molecule has 0 saturated carbocycles. The van der Waals surface area contributed by atoms with E-state index < -0.39 is 5.41 Å². The molecule has 1 saturated heterocycles. The Morgan fingerprint density at radius 2 is 2.04 bits per heavy atom. The minimum atomic E-state index is -0.692. The van der Waals surface area contributed by atoms with E-state index in [9.17, 15) is 9.59 Å². The molecule has 28 heavy (non-hydrogen) atoms. The van der Waals surface area contributed by atoms with E-state index in [1.807, 2.05) is 30.3 Å². The average Bonchev–Trinajstić information content (AvgIpc) is 3.34. The highest BCUT2D eigenvalue weighted by atomic mass is 32.1. The summed E-state index contributed by atoms with van der Waals surface area (Å²) in [6.45, 7) is 0.925. The molecule has 4 rings (SSSR count). The van der Waals surface area contributed by atoms with Crippen LogP contribution in [0.4, 0.5) is 5.13 Å². The van der Waals surface area contributed by atoms with Gasteiger partial charge in [-0.05, 0) is 12.0 Å². The molecule has 0 atom stereocenters. The van der Waals surface area contributed by atoms with E-state index in [0.29, 0.717) is 36.0 Å². The lowest BCUT2D eigenvalue weighted by Gasteiger charge is -2.48. The second-order valence-corrected chi connectivity index (χ2v) is 7.74. The number of aromatic nitrogens is 2. The Kier molecular flexibility index (Phi) is 4.82. The van der Waals surface area contributed by atoms with Crippen LogP contribution in [0.3, 0.4) is 0 Å². The van der Waals surface area contributed by atoms with Crippen molar-refractivity contribution < 1.29 is 14.1 Å². The summed E-state index contributed by atoms with van der Waals surface area (Å²) in [5.74, 6) is -0.317. The maximum Gasteiger partial charge on any atom is 0.273 e. The molecular weight excluding hydrogens is 378 g/mol. The van der Waals surface area contributed by atoms with Crippen molar-refractivity contribution in [2.24, 2.45) is 5.41 Å². The third kappa shape index (κ3) is 3.61. The molecule has 0 bridgehead atoms. The molecule has 3 heterocycles. The van der Waals surface area contributed by atoms with Crippen LogP contribution in [0.5, 0.6) is 0 Å². The fourth-order valence-electron chi connectivity index (χ4n) is 3.39. The van der Waals surface area contributed by atoms with Crippen LogP contribution in [-0.2, 0) is 17.8 Å². The molecule has 1 aliphatic heterocycles. The number of hydrogen-bond donors (Lipinski definition) is 2. The number of carbonyl (C=O) groups is 2. The number of likely N-dealkylation sites (tertiary alicyclic amines) is 1. The van der Waals surface area contributed by atoms with Gasteiger partial charge in [-0.2, -0.15) is 0 Å². The fourth-order valence-corrected chi connectivity index (χ4v) is 3.92. The van der Waals surface area contributed by atoms with Crippen LogP contribution in [0.25, 0.3) is 0 Å². The van der Waals surface area contributed by atoms with Gasteiger partial charge in [0.15, 0.2) is 5.13 Å². The van der Waals surface area contributed by atoms with Gasteiger partial charge >= 0.3 is 0 Å². The topological polar surface area (TPSA) is 114 Å². The Balaban J connectivity index is 1.48. The normalized spacial score (nSPS) is 15.1. The monoisotopic (exact) mass is 397 g/mol. The van der Waals surface area contributed by atoms with Gasteiger partial charge in [-0.25, -0.2) is 4.98 Å². The average molecular weight is 397 g/mol. The van der Waals surface area contributed by atoms with E-state index in [0.717, 1.165) is 5.56 Å². The summed E-state index contributed by atoms with van der Waals surface area (Å²) in [6, 6.07) is 11.5. The van der Waals surface area contributed by atoms with Gasteiger partial charge in [0.2, 0.25) is 5.91 Å². The van der Waals surface area contributed by atoms with Crippen molar-refractivity contribution >= 4 is 28.3 Å². The van der Waals surface area contributed by atoms with Gasteiger partial charge in [0, 0.05) is 24.5 Å². The molecule has 144 valence electrons. The van der Waals surface area contributed by atoms with Gasteiger partial charge < -0.3 is 20.5 Å². The third-order valence-corrected chi connectivity index (χ3v) is 5.48. The van der Waals surface area contributed by atoms with Crippen molar-refractivity contribution in [2.45, 2.75) is 13.0 Å². The van der Waals surface area contributed by atoms with Crippen LogP contribution in [0.15, 0.2) is 52.6 Å². The number of anilines is 1. The van der Waals surface area contributed by atoms with Crippen molar-refractivity contribution in [1.29, 1.82) is 0 Å². The summed E-state index contributed by atoms with van der Waals surface area (Å²) in [5.41, 5.74) is 6.94. The maximum atomic E-state index is 13.0. The molecule has 2 amide bonds. The highest BCUT2D eigenvalue weighted by molar-refractivity contribution is 7.13. The van der Waals surface area contributed by atoms with Gasteiger partial charge in [-0.15, -0.1) is 11.3 Å². The minimum Gasteiger partial charge on any atom is -0.375 e. The van der Waals surface area contributed by atoms with Gasteiger partial charge in [0.05, 0.1) is 12.0 Å². The van der Waals surface area contributed by atoms with Crippen molar-refractivity contribution in [3.05, 3.63) is 65.0 Å². The van der Waals surface area contributed by atoms with Gasteiger partial charge in [-0.3, -0.25) is 9.59 Å². The molecule has 1 aliphatic rings. The van der Waals surface area contributed by atoms with E-state index in [-0.39, 0.29) is 18.4 Å². The van der Waals surface area contributed by atoms with Crippen LogP contribution in [0.1, 0.15) is 21.7 Å². The van der Waals surface area contributed by atoms with Gasteiger partial charge in [0.1, 0.15) is 17.7 Å². The highest BCUT2D eigenvalue weighted by Gasteiger charge is 2.51. The molecule has 0 aliphatic carbocycles.